The molecule has 2 aromatic carbocycles. The number of aromatic hydroxyl groups is 2. The summed E-state index contributed by atoms with van der Waals surface area (Å²) in [5.41, 5.74) is -0.697. The Labute approximate surface area is 261 Å². The minimum Gasteiger partial charge on any atom is -0.494 e. The lowest BCUT2D eigenvalue weighted by Crippen LogP contribution is -2.33. The lowest BCUT2D eigenvalue weighted by molar-refractivity contribution is 0.269. The largest absolute Gasteiger partial charge is 0.494 e. The van der Waals surface area contributed by atoms with Gasteiger partial charge in [-0.2, -0.15) is 0 Å². The molecule has 0 saturated heterocycles. The number of benzene rings is 2. The van der Waals surface area contributed by atoms with Crippen molar-refractivity contribution in [1.29, 1.82) is 0 Å². The van der Waals surface area contributed by atoms with Gasteiger partial charge in [-0.1, -0.05) is 35.3 Å². The van der Waals surface area contributed by atoms with E-state index in [0.717, 1.165) is 14.7 Å². The smallest absolute Gasteiger partial charge is 0.262 e. The van der Waals surface area contributed by atoms with Crippen LogP contribution in [0.25, 0.3) is 0 Å². The van der Waals surface area contributed by atoms with Crippen LogP contribution in [0.1, 0.15) is 35.1 Å². The van der Waals surface area contributed by atoms with Crippen LogP contribution in [0.15, 0.2) is 46.0 Å². The first kappa shape index (κ1) is 31.4. The second-order valence-corrected chi connectivity index (χ2v) is 11.1. The second kappa shape index (κ2) is 12.3. The van der Waals surface area contributed by atoms with Gasteiger partial charge in [0.05, 0.1) is 28.7 Å². The van der Waals surface area contributed by atoms with Crippen molar-refractivity contribution < 1.29 is 19.7 Å². The molecule has 0 aliphatic heterocycles. The third-order valence-electron chi connectivity index (χ3n) is 6.87. The first-order valence-corrected chi connectivity index (χ1v) is 14.2. The number of nitrogens with zero attached hydrogens (tertiary/aromatic N) is 4. The lowest BCUT2D eigenvalue weighted by Gasteiger charge is -2.24. The summed E-state index contributed by atoms with van der Waals surface area (Å²) < 4.78 is 16.8. The Morgan fingerprint density at radius 1 is 0.810 bits per heavy atom. The summed E-state index contributed by atoms with van der Waals surface area (Å²) in [6.45, 7) is 2.16. The Kier molecular flexibility index (Phi) is 9.21. The molecule has 0 spiro atoms. The number of rotatable bonds is 8. The van der Waals surface area contributed by atoms with Gasteiger partial charge < -0.3 is 19.7 Å². The summed E-state index contributed by atoms with van der Waals surface area (Å²) in [7, 11) is 5.85. The second-order valence-electron chi connectivity index (χ2n) is 9.50. The number of hydrogen-bond donors (Lipinski definition) is 2. The van der Waals surface area contributed by atoms with Crippen LogP contribution in [-0.4, -0.2) is 35.1 Å². The third-order valence-corrected chi connectivity index (χ3v) is 8.50. The first-order valence-electron chi connectivity index (χ1n) is 12.6. The van der Waals surface area contributed by atoms with E-state index in [9.17, 15) is 19.8 Å². The molecular formula is C28H28Cl2N4O6S2. The summed E-state index contributed by atoms with van der Waals surface area (Å²) in [6, 6.07) is 10.1. The third kappa shape index (κ3) is 5.59. The summed E-state index contributed by atoms with van der Waals surface area (Å²) in [5, 5.41) is 23.2. The van der Waals surface area contributed by atoms with Crippen molar-refractivity contribution in [3.63, 3.8) is 0 Å². The standard InChI is InChI=1S/C28H28Cl2N4O6S2/c1-6-39-18-12-15(11-17(30)22(18)40-13-14-7-9-16(29)10-8-14)19(20-23(35)31(2)27(41)32(3)24(20)36)21-25(37)33(4)28(42)34(5)26(21)38/h7-12,19,35,37H,6,13H2,1-5H3. The minimum absolute atomic E-state index is 0.0440. The van der Waals surface area contributed by atoms with Crippen LogP contribution in [0.5, 0.6) is 23.3 Å². The van der Waals surface area contributed by atoms with E-state index in [2.05, 4.69) is 0 Å². The maximum atomic E-state index is 13.7. The number of hydrogen-bond acceptors (Lipinski definition) is 8. The number of aromatic nitrogens is 4. The molecule has 14 heteroatoms. The molecule has 10 nitrogen and oxygen atoms in total. The van der Waals surface area contributed by atoms with Crippen LogP contribution in [0.2, 0.25) is 10.0 Å². The highest BCUT2D eigenvalue weighted by Crippen LogP contribution is 2.44. The molecule has 4 rings (SSSR count). The van der Waals surface area contributed by atoms with E-state index in [-0.39, 0.29) is 56.0 Å². The van der Waals surface area contributed by atoms with Gasteiger partial charge >= 0.3 is 0 Å². The molecular weight excluding hydrogens is 623 g/mol. The molecule has 0 radical (unpaired) electrons. The molecule has 0 fully saturated rings. The number of halogens is 2. The minimum atomic E-state index is -1.33. The fourth-order valence-electron chi connectivity index (χ4n) is 4.60. The molecule has 2 N–H and O–H groups in total. The SMILES string of the molecule is CCOc1cc(C(c2c(O)n(C)c(=S)n(C)c2=O)c2c(O)n(C)c(=S)n(C)c2=O)cc(Cl)c1OCc1ccc(Cl)cc1. The van der Waals surface area contributed by atoms with Crippen LogP contribution >= 0.6 is 47.6 Å². The van der Waals surface area contributed by atoms with Crippen molar-refractivity contribution in [2.45, 2.75) is 19.4 Å². The Balaban J connectivity index is 2.04. The van der Waals surface area contributed by atoms with Crippen LogP contribution < -0.4 is 20.6 Å². The molecule has 0 aliphatic carbocycles. The fraction of sp³-hybridized carbons (Fsp3) is 0.286. The zero-order valence-corrected chi connectivity index (χ0v) is 26.5. The molecule has 0 amide bonds. The van der Waals surface area contributed by atoms with Crippen molar-refractivity contribution in [3.8, 4) is 23.3 Å². The maximum absolute atomic E-state index is 13.7. The van der Waals surface area contributed by atoms with E-state index >= 15 is 0 Å². The van der Waals surface area contributed by atoms with Gasteiger partial charge in [0.15, 0.2) is 21.0 Å². The number of ether oxygens (including phenoxy) is 2. The van der Waals surface area contributed by atoms with E-state index in [1.165, 1.54) is 43.4 Å². The Morgan fingerprint density at radius 2 is 1.31 bits per heavy atom. The predicted octanol–water partition coefficient (Wildman–Crippen LogP) is 5.10. The molecule has 0 unspecified atom stereocenters. The van der Waals surface area contributed by atoms with Crippen LogP contribution in [-0.2, 0) is 34.8 Å². The molecule has 222 valence electrons. The Bertz CT molecular complexity index is 1840. The summed E-state index contributed by atoms with van der Waals surface area (Å²) in [4.78, 5) is 27.3. The predicted molar refractivity (Wildman–Crippen MR) is 166 cm³/mol. The van der Waals surface area contributed by atoms with Gasteiger partial charge in [0, 0.05) is 33.2 Å². The molecule has 0 atom stereocenters. The normalized spacial score (nSPS) is 11.2. The van der Waals surface area contributed by atoms with E-state index in [1.807, 2.05) is 12.1 Å². The van der Waals surface area contributed by atoms with Crippen molar-refractivity contribution in [2.24, 2.45) is 28.2 Å². The zero-order valence-electron chi connectivity index (χ0n) is 23.3. The van der Waals surface area contributed by atoms with Gasteiger partial charge in [0.25, 0.3) is 11.1 Å². The highest BCUT2D eigenvalue weighted by Gasteiger charge is 2.33. The molecule has 0 saturated carbocycles. The maximum Gasteiger partial charge on any atom is 0.262 e. The summed E-state index contributed by atoms with van der Waals surface area (Å²) in [5.74, 6) is -1.86. The zero-order chi connectivity index (χ0) is 31.0. The molecule has 0 bridgehead atoms. The van der Waals surface area contributed by atoms with E-state index in [1.54, 1.807) is 25.1 Å². The van der Waals surface area contributed by atoms with Gasteiger partial charge in [0.1, 0.15) is 6.61 Å². The van der Waals surface area contributed by atoms with E-state index < -0.39 is 28.8 Å². The topological polar surface area (TPSA) is 113 Å². The van der Waals surface area contributed by atoms with Gasteiger partial charge in [-0.05, 0) is 66.8 Å². The molecule has 42 heavy (non-hydrogen) atoms. The van der Waals surface area contributed by atoms with E-state index in [0.29, 0.717) is 5.02 Å². The van der Waals surface area contributed by atoms with Crippen molar-refractivity contribution >= 4 is 47.6 Å². The lowest BCUT2D eigenvalue weighted by atomic mass is 9.86. The Hall–Kier alpha value is -3.58. The van der Waals surface area contributed by atoms with Crippen molar-refractivity contribution in [1.82, 2.24) is 18.3 Å². The van der Waals surface area contributed by atoms with Gasteiger partial charge in [-0.15, -0.1) is 0 Å². The average molecular weight is 652 g/mol. The monoisotopic (exact) mass is 650 g/mol. The van der Waals surface area contributed by atoms with Crippen molar-refractivity contribution in [2.75, 3.05) is 6.61 Å². The average Bonchev–Trinajstić information content (AvgIpc) is 2.96. The van der Waals surface area contributed by atoms with Crippen LogP contribution in [0.3, 0.4) is 0 Å². The van der Waals surface area contributed by atoms with E-state index in [4.69, 9.17) is 57.1 Å². The van der Waals surface area contributed by atoms with Crippen molar-refractivity contribution in [3.05, 3.63) is 98.9 Å². The molecule has 0 aliphatic rings. The highest BCUT2D eigenvalue weighted by atomic mass is 35.5. The molecule has 2 heterocycles. The Morgan fingerprint density at radius 3 is 1.79 bits per heavy atom. The first-order chi connectivity index (χ1) is 19.8. The van der Waals surface area contributed by atoms with Crippen LogP contribution in [0.4, 0.5) is 0 Å². The fourth-order valence-corrected chi connectivity index (χ4v) is 5.33. The quantitative estimate of drug-likeness (QED) is 0.254. The summed E-state index contributed by atoms with van der Waals surface area (Å²) >= 11 is 23.3. The molecule has 2 aromatic heterocycles. The summed E-state index contributed by atoms with van der Waals surface area (Å²) in [6.07, 6.45) is 0. The highest BCUT2D eigenvalue weighted by molar-refractivity contribution is 7.71. The molecule has 4 aromatic rings. The van der Waals surface area contributed by atoms with Gasteiger partial charge in [0.2, 0.25) is 11.8 Å². The van der Waals surface area contributed by atoms with Gasteiger partial charge in [-0.3, -0.25) is 27.9 Å². The van der Waals surface area contributed by atoms with Crippen LogP contribution in [0, 0.1) is 9.54 Å². The van der Waals surface area contributed by atoms with Gasteiger partial charge in [-0.25, -0.2) is 0 Å².